The largest absolute Gasteiger partial charge is 0.508 e. The Kier molecular flexibility index (Phi) is 4.29. The summed E-state index contributed by atoms with van der Waals surface area (Å²) in [5.74, 6) is 0.219. The van der Waals surface area contributed by atoms with Crippen molar-refractivity contribution >= 4 is 0 Å². The zero-order valence-corrected chi connectivity index (χ0v) is 9.70. The van der Waals surface area contributed by atoms with Crippen LogP contribution in [0.1, 0.15) is 18.1 Å². The van der Waals surface area contributed by atoms with Crippen LogP contribution >= 0.6 is 0 Å². The zero-order valence-electron chi connectivity index (χ0n) is 9.70. The lowest BCUT2D eigenvalue weighted by atomic mass is 10.0. The molecule has 0 amide bonds. The molecule has 0 bridgehead atoms. The molecule has 4 N–H and O–H groups in total. The maximum atomic E-state index is 9.61. The molecule has 0 unspecified atom stereocenters. The Labute approximate surface area is 95.6 Å². The van der Waals surface area contributed by atoms with Gasteiger partial charge in [0, 0.05) is 12.1 Å². The monoisotopic (exact) mass is 225 g/mol. The lowest BCUT2D eigenvalue weighted by molar-refractivity contribution is 0.103. The molecule has 4 heteroatoms. The van der Waals surface area contributed by atoms with E-state index in [4.69, 9.17) is 10.2 Å². The predicted molar refractivity (Wildman–Crippen MR) is 62.3 cm³/mol. The SMILES string of the molecule is Cc1ccc(O)c(CNC(C)(CO)CO)c1. The fourth-order valence-electron chi connectivity index (χ4n) is 1.33. The highest BCUT2D eigenvalue weighted by Gasteiger charge is 2.21. The standard InChI is InChI=1S/C12H19NO3/c1-9-3-4-11(16)10(5-9)6-13-12(2,7-14)8-15/h3-5,13-16H,6-8H2,1-2H3. The summed E-state index contributed by atoms with van der Waals surface area (Å²) in [5, 5.41) is 30.8. The van der Waals surface area contributed by atoms with E-state index >= 15 is 0 Å². The molecule has 0 aromatic heterocycles. The van der Waals surface area contributed by atoms with Gasteiger partial charge in [0.05, 0.1) is 18.8 Å². The molecular weight excluding hydrogens is 206 g/mol. The van der Waals surface area contributed by atoms with Crippen LogP contribution in [0.3, 0.4) is 0 Å². The van der Waals surface area contributed by atoms with E-state index in [-0.39, 0.29) is 19.0 Å². The van der Waals surface area contributed by atoms with Crippen LogP contribution in [-0.2, 0) is 6.54 Å². The predicted octanol–water partition coefficient (Wildman–Crippen LogP) is 0.534. The first kappa shape index (κ1) is 13.0. The molecule has 0 aliphatic rings. The summed E-state index contributed by atoms with van der Waals surface area (Å²) in [6.45, 7) is 3.76. The highest BCUT2D eigenvalue weighted by Crippen LogP contribution is 2.18. The number of aliphatic hydroxyl groups excluding tert-OH is 2. The van der Waals surface area contributed by atoms with Gasteiger partial charge in [-0.15, -0.1) is 0 Å². The normalized spacial score (nSPS) is 11.8. The van der Waals surface area contributed by atoms with Gasteiger partial charge in [0.1, 0.15) is 5.75 Å². The van der Waals surface area contributed by atoms with E-state index in [1.165, 1.54) is 0 Å². The van der Waals surface area contributed by atoms with E-state index in [2.05, 4.69) is 5.32 Å². The van der Waals surface area contributed by atoms with Gasteiger partial charge in [-0.3, -0.25) is 0 Å². The molecule has 1 aromatic carbocycles. The lowest BCUT2D eigenvalue weighted by Gasteiger charge is -2.26. The topological polar surface area (TPSA) is 72.7 Å². The Morgan fingerprint density at radius 1 is 1.25 bits per heavy atom. The van der Waals surface area contributed by atoms with Crippen molar-refractivity contribution in [2.45, 2.75) is 25.9 Å². The van der Waals surface area contributed by atoms with E-state index < -0.39 is 5.54 Å². The van der Waals surface area contributed by atoms with Gasteiger partial charge in [-0.1, -0.05) is 17.7 Å². The van der Waals surface area contributed by atoms with Gasteiger partial charge in [-0.05, 0) is 19.9 Å². The molecule has 4 nitrogen and oxygen atoms in total. The van der Waals surface area contributed by atoms with Crippen LogP contribution in [0.25, 0.3) is 0 Å². The maximum Gasteiger partial charge on any atom is 0.120 e. The van der Waals surface area contributed by atoms with E-state index in [1.807, 2.05) is 19.1 Å². The number of aryl methyl sites for hydroxylation is 1. The third-order valence-electron chi connectivity index (χ3n) is 2.64. The van der Waals surface area contributed by atoms with Crippen molar-refractivity contribution in [1.29, 1.82) is 0 Å². The highest BCUT2D eigenvalue weighted by atomic mass is 16.3. The summed E-state index contributed by atoms with van der Waals surface area (Å²) in [4.78, 5) is 0. The van der Waals surface area contributed by atoms with Gasteiger partial charge in [-0.25, -0.2) is 0 Å². The van der Waals surface area contributed by atoms with Crippen LogP contribution in [0.5, 0.6) is 5.75 Å². The molecule has 0 saturated heterocycles. The maximum absolute atomic E-state index is 9.61. The number of benzene rings is 1. The smallest absolute Gasteiger partial charge is 0.120 e. The van der Waals surface area contributed by atoms with Gasteiger partial charge in [0.2, 0.25) is 0 Å². The average Bonchev–Trinajstić information content (AvgIpc) is 2.30. The minimum Gasteiger partial charge on any atom is -0.508 e. The van der Waals surface area contributed by atoms with Crippen molar-refractivity contribution in [1.82, 2.24) is 5.32 Å². The second-order valence-electron chi connectivity index (χ2n) is 4.36. The molecule has 0 heterocycles. The summed E-state index contributed by atoms with van der Waals surface area (Å²) in [6, 6.07) is 5.34. The van der Waals surface area contributed by atoms with Crippen LogP contribution in [-0.4, -0.2) is 34.1 Å². The number of nitrogens with one attached hydrogen (secondary N) is 1. The van der Waals surface area contributed by atoms with E-state index in [0.29, 0.717) is 6.54 Å². The van der Waals surface area contributed by atoms with Crippen molar-refractivity contribution in [3.63, 3.8) is 0 Å². The van der Waals surface area contributed by atoms with Gasteiger partial charge in [-0.2, -0.15) is 0 Å². The molecule has 1 aromatic rings. The molecule has 0 saturated carbocycles. The van der Waals surface area contributed by atoms with Crippen LogP contribution in [0.2, 0.25) is 0 Å². The Hall–Kier alpha value is -1.10. The molecule has 0 spiro atoms. The fraction of sp³-hybridized carbons (Fsp3) is 0.500. The number of aliphatic hydroxyl groups is 2. The van der Waals surface area contributed by atoms with Crippen molar-refractivity contribution in [3.05, 3.63) is 29.3 Å². The molecule has 1 rings (SSSR count). The van der Waals surface area contributed by atoms with Crippen LogP contribution in [0.4, 0.5) is 0 Å². The van der Waals surface area contributed by atoms with Crippen molar-refractivity contribution < 1.29 is 15.3 Å². The minimum atomic E-state index is -0.726. The average molecular weight is 225 g/mol. The Morgan fingerprint density at radius 2 is 1.88 bits per heavy atom. The molecular formula is C12H19NO3. The molecule has 0 atom stereocenters. The summed E-state index contributed by atoms with van der Waals surface area (Å²) >= 11 is 0. The molecule has 16 heavy (non-hydrogen) atoms. The molecule has 90 valence electrons. The van der Waals surface area contributed by atoms with E-state index in [0.717, 1.165) is 11.1 Å². The van der Waals surface area contributed by atoms with E-state index in [1.54, 1.807) is 13.0 Å². The van der Waals surface area contributed by atoms with Crippen LogP contribution in [0.15, 0.2) is 18.2 Å². The number of rotatable bonds is 5. The summed E-state index contributed by atoms with van der Waals surface area (Å²) in [7, 11) is 0. The third kappa shape index (κ3) is 3.20. The van der Waals surface area contributed by atoms with Crippen LogP contribution < -0.4 is 5.32 Å². The highest BCUT2D eigenvalue weighted by molar-refractivity contribution is 5.35. The molecule has 0 fully saturated rings. The number of hydrogen-bond donors (Lipinski definition) is 4. The number of hydrogen-bond acceptors (Lipinski definition) is 4. The lowest BCUT2D eigenvalue weighted by Crippen LogP contribution is -2.48. The summed E-state index contributed by atoms with van der Waals surface area (Å²) < 4.78 is 0. The third-order valence-corrected chi connectivity index (χ3v) is 2.64. The Bertz CT molecular complexity index is 348. The molecule has 0 aliphatic carbocycles. The van der Waals surface area contributed by atoms with Gasteiger partial charge in [0.25, 0.3) is 0 Å². The first-order valence-corrected chi connectivity index (χ1v) is 5.26. The number of phenols is 1. The summed E-state index contributed by atoms with van der Waals surface area (Å²) in [6.07, 6.45) is 0. The Morgan fingerprint density at radius 3 is 2.44 bits per heavy atom. The molecule has 0 aliphatic heterocycles. The number of aromatic hydroxyl groups is 1. The first-order chi connectivity index (χ1) is 7.50. The second kappa shape index (κ2) is 5.30. The van der Waals surface area contributed by atoms with Crippen LogP contribution in [0, 0.1) is 6.92 Å². The van der Waals surface area contributed by atoms with Crippen molar-refractivity contribution in [3.8, 4) is 5.75 Å². The fourth-order valence-corrected chi connectivity index (χ4v) is 1.33. The quantitative estimate of drug-likeness (QED) is 0.590. The van der Waals surface area contributed by atoms with E-state index in [9.17, 15) is 5.11 Å². The summed E-state index contributed by atoms with van der Waals surface area (Å²) in [5.41, 5.74) is 1.09. The first-order valence-electron chi connectivity index (χ1n) is 5.26. The van der Waals surface area contributed by atoms with Crippen molar-refractivity contribution in [2.24, 2.45) is 0 Å². The second-order valence-corrected chi connectivity index (χ2v) is 4.36. The number of phenolic OH excluding ortho intramolecular Hbond substituents is 1. The van der Waals surface area contributed by atoms with Crippen molar-refractivity contribution in [2.75, 3.05) is 13.2 Å². The molecule has 0 radical (unpaired) electrons. The van der Waals surface area contributed by atoms with Gasteiger partial charge in [0.15, 0.2) is 0 Å². The minimum absolute atomic E-state index is 0.157. The Balaban J connectivity index is 2.70. The van der Waals surface area contributed by atoms with Gasteiger partial charge < -0.3 is 20.6 Å². The zero-order chi connectivity index (χ0) is 12.2. The van der Waals surface area contributed by atoms with Gasteiger partial charge >= 0.3 is 0 Å².